The van der Waals surface area contributed by atoms with Crippen LogP contribution in [-0.4, -0.2) is 25.3 Å². The lowest BCUT2D eigenvalue weighted by Gasteiger charge is -2.34. The minimum absolute atomic E-state index is 0.0684. The number of nitrogens with one attached hydrogen (secondary N) is 1. The van der Waals surface area contributed by atoms with Crippen LogP contribution in [0.1, 0.15) is 32.8 Å². The topological polar surface area (TPSA) is 21.3 Å². The highest BCUT2D eigenvalue weighted by Crippen LogP contribution is 2.41. The highest BCUT2D eigenvalue weighted by atomic mass is 35.5. The predicted molar refractivity (Wildman–Crippen MR) is 85.8 cm³/mol. The minimum atomic E-state index is 0.0684. The van der Waals surface area contributed by atoms with Gasteiger partial charge in [0.25, 0.3) is 0 Å². The van der Waals surface area contributed by atoms with E-state index in [4.69, 9.17) is 27.9 Å². The van der Waals surface area contributed by atoms with Gasteiger partial charge in [-0.1, -0.05) is 43.1 Å². The largest absolute Gasteiger partial charge is 0.378 e. The normalized spacial score (nSPS) is 26.4. The van der Waals surface area contributed by atoms with Crippen LogP contribution in [-0.2, 0) is 11.2 Å². The number of hydrogen-bond acceptors (Lipinski definition) is 2. The monoisotopic (exact) mass is 315 g/mol. The number of benzene rings is 1. The summed E-state index contributed by atoms with van der Waals surface area (Å²) in [6.45, 7) is 8.21. The summed E-state index contributed by atoms with van der Waals surface area (Å²) in [6.07, 6.45) is 2.10. The Morgan fingerprint density at radius 2 is 2.00 bits per heavy atom. The van der Waals surface area contributed by atoms with E-state index in [0.717, 1.165) is 41.6 Å². The number of hydrogen-bond donors (Lipinski definition) is 1. The Labute approximate surface area is 131 Å². The van der Waals surface area contributed by atoms with Gasteiger partial charge >= 0.3 is 0 Å². The van der Waals surface area contributed by atoms with Crippen LogP contribution >= 0.6 is 23.2 Å². The maximum Gasteiger partial charge on any atom is 0.0619 e. The van der Waals surface area contributed by atoms with Gasteiger partial charge in [-0.3, -0.25) is 0 Å². The predicted octanol–water partition coefficient (Wildman–Crippen LogP) is 4.33. The van der Waals surface area contributed by atoms with E-state index in [2.05, 4.69) is 26.1 Å². The second kappa shape index (κ2) is 6.65. The van der Waals surface area contributed by atoms with Crippen LogP contribution in [0.2, 0.25) is 10.0 Å². The first-order valence-electron chi connectivity index (χ1n) is 7.22. The van der Waals surface area contributed by atoms with Gasteiger partial charge in [0.05, 0.1) is 6.10 Å². The quantitative estimate of drug-likeness (QED) is 0.873. The molecule has 0 amide bonds. The number of halogens is 2. The van der Waals surface area contributed by atoms with Crippen molar-refractivity contribution in [1.29, 1.82) is 0 Å². The second-order valence-corrected chi connectivity index (χ2v) is 6.85. The SMILES string of the molecule is CC(C)NCC1(Cc2c(Cl)cccc2Cl)CCOC1C. The summed E-state index contributed by atoms with van der Waals surface area (Å²) in [7, 11) is 0. The second-order valence-electron chi connectivity index (χ2n) is 6.04. The zero-order valence-corrected chi connectivity index (χ0v) is 13.9. The summed E-state index contributed by atoms with van der Waals surface area (Å²) in [5, 5.41) is 5.05. The van der Waals surface area contributed by atoms with E-state index in [1.165, 1.54) is 0 Å². The Kier molecular flexibility index (Phi) is 5.36. The first-order chi connectivity index (χ1) is 9.44. The van der Waals surface area contributed by atoms with Crippen LogP contribution < -0.4 is 5.32 Å². The van der Waals surface area contributed by atoms with Gasteiger partial charge in [-0.15, -0.1) is 0 Å². The molecule has 0 saturated carbocycles. The van der Waals surface area contributed by atoms with E-state index in [0.29, 0.717) is 6.04 Å². The first-order valence-corrected chi connectivity index (χ1v) is 7.98. The fourth-order valence-corrected chi connectivity index (χ4v) is 3.34. The summed E-state index contributed by atoms with van der Waals surface area (Å²) in [6, 6.07) is 6.17. The van der Waals surface area contributed by atoms with Crippen molar-refractivity contribution < 1.29 is 4.74 Å². The van der Waals surface area contributed by atoms with E-state index in [-0.39, 0.29) is 11.5 Å². The molecular weight excluding hydrogens is 293 g/mol. The number of rotatable bonds is 5. The zero-order chi connectivity index (χ0) is 14.8. The third-order valence-electron chi connectivity index (χ3n) is 4.28. The van der Waals surface area contributed by atoms with Crippen LogP contribution in [0, 0.1) is 5.41 Å². The summed E-state index contributed by atoms with van der Waals surface area (Å²) in [5.74, 6) is 0. The van der Waals surface area contributed by atoms with Crippen molar-refractivity contribution in [2.45, 2.75) is 45.8 Å². The lowest BCUT2D eigenvalue weighted by Crippen LogP contribution is -2.43. The third kappa shape index (κ3) is 3.48. The molecule has 0 aromatic heterocycles. The molecule has 2 atom stereocenters. The maximum absolute atomic E-state index is 6.33. The van der Waals surface area contributed by atoms with Crippen LogP contribution in [0.3, 0.4) is 0 Å². The lowest BCUT2D eigenvalue weighted by atomic mass is 9.76. The van der Waals surface area contributed by atoms with Crippen LogP contribution in [0.15, 0.2) is 18.2 Å². The average Bonchev–Trinajstić information content (AvgIpc) is 2.74. The molecule has 0 spiro atoms. The molecule has 1 aliphatic rings. The van der Waals surface area contributed by atoms with Crippen molar-refractivity contribution in [3.63, 3.8) is 0 Å². The molecule has 2 nitrogen and oxygen atoms in total. The third-order valence-corrected chi connectivity index (χ3v) is 4.99. The van der Waals surface area contributed by atoms with E-state index in [9.17, 15) is 0 Å². The summed E-state index contributed by atoms with van der Waals surface area (Å²) < 4.78 is 5.83. The minimum Gasteiger partial charge on any atom is -0.378 e. The molecule has 0 aliphatic carbocycles. The molecular formula is C16H23Cl2NO. The first kappa shape index (κ1) is 16.1. The summed E-state index contributed by atoms with van der Waals surface area (Å²) in [4.78, 5) is 0. The molecule has 1 fully saturated rings. The summed E-state index contributed by atoms with van der Waals surface area (Å²) in [5.41, 5.74) is 1.11. The van der Waals surface area contributed by atoms with Crippen LogP contribution in [0.5, 0.6) is 0 Å². The van der Waals surface area contributed by atoms with E-state index in [1.54, 1.807) is 0 Å². The fraction of sp³-hybridized carbons (Fsp3) is 0.625. The molecule has 2 rings (SSSR count). The van der Waals surface area contributed by atoms with E-state index in [1.807, 2.05) is 18.2 Å². The summed E-state index contributed by atoms with van der Waals surface area (Å²) >= 11 is 12.7. The lowest BCUT2D eigenvalue weighted by molar-refractivity contribution is 0.0621. The maximum atomic E-state index is 6.33. The van der Waals surface area contributed by atoms with Crippen molar-refractivity contribution in [3.8, 4) is 0 Å². The van der Waals surface area contributed by atoms with E-state index < -0.39 is 0 Å². The highest BCUT2D eigenvalue weighted by molar-refractivity contribution is 6.36. The molecule has 1 aromatic rings. The Bertz CT molecular complexity index is 444. The molecule has 4 heteroatoms. The van der Waals surface area contributed by atoms with Crippen molar-refractivity contribution >= 4 is 23.2 Å². The zero-order valence-electron chi connectivity index (χ0n) is 12.4. The number of ether oxygens (including phenoxy) is 1. The standard InChI is InChI=1S/C16H23Cl2NO/c1-11(2)19-10-16(7-8-20-12(16)3)9-13-14(17)5-4-6-15(13)18/h4-6,11-12,19H,7-10H2,1-3H3. The van der Waals surface area contributed by atoms with Gasteiger partial charge in [0.15, 0.2) is 0 Å². The molecule has 2 unspecified atom stereocenters. The van der Waals surface area contributed by atoms with Crippen LogP contribution in [0.25, 0.3) is 0 Å². The molecule has 0 radical (unpaired) electrons. The van der Waals surface area contributed by atoms with Gasteiger partial charge in [-0.25, -0.2) is 0 Å². The Balaban J connectivity index is 2.24. The molecule has 112 valence electrons. The van der Waals surface area contributed by atoms with Crippen molar-refractivity contribution in [2.24, 2.45) is 5.41 Å². The fourth-order valence-electron chi connectivity index (χ4n) is 2.81. The van der Waals surface area contributed by atoms with Crippen molar-refractivity contribution in [1.82, 2.24) is 5.32 Å². The molecule has 1 heterocycles. The van der Waals surface area contributed by atoms with Gasteiger partial charge in [0.2, 0.25) is 0 Å². The van der Waals surface area contributed by atoms with Crippen LogP contribution in [0.4, 0.5) is 0 Å². The van der Waals surface area contributed by atoms with Gasteiger partial charge in [0, 0.05) is 34.7 Å². The molecule has 1 aliphatic heterocycles. The van der Waals surface area contributed by atoms with Gasteiger partial charge in [0.1, 0.15) is 0 Å². The van der Waals surface area contributed by atoms with Gasteiger partial charge in [-0.05, 0) is 37.5 Å². The van der Waals surface area contributed by atoms with E-state index >= 15 is 0 Å². The molecule has 0 bridgehead atoms. The molecule has 1 N–H and O–H groups in total. The average molecular weight is 316 g/mol. The molecule has 1 aromatic carbocycles. The van der Waals surface area contributed by atoms with Crippen molar-refractivity contribution in [3.05, 3.63) is 33.8 Å². The Morgan fingerprint density at radius 1 is 1.35 bits per heavy atom. The van der Waals surface area contributed by atoms with Gasteiger partial charge in [-0.2, -0.15) is 0 Å². The Hall–Kier alpha value is -0.280. The highest BCUT2D eigenvalue weighted by Gasteiger charge is 2.42. The van der Waals surface area contributed by atoms with Gasteiger partial charge < -0.3 is 10.1 Å². The molecule has 20 heavy (non-hydrogen) atoms. The molecule has 1 saturated heterocycles. The Morgan fingerprint density at radius 3 is 2.50 bits per heavy atom. The van der Waals surface area contributed by atoms with Crippen molar-refractivity contribution in [2.75, 3.05) is 13.2 Å². The smallest absolute Gasteiger partial charge is 0.0619 e.